The van der Waals surface area contributed by atoms with Crippen LogP contribution in [0.1, 0.15) is 6.85 Å². The molecule has 0 spiro atoms. The first-order valence-electron chi connectivity index (χ1n) is 5.96. The van der Waals surface area contributed by atoms with Crippen LogP contribution in [0.15, 0.2) is 15.9 Å². The molecule has 0 radical (unpaired) electrons. The number of nitrogens with one attached hydrogen (secondary N) is 1. The van der Waals surface area contributed by atoms with E-state index in [1.54, 1.807) is 0 Å². The molecular formula is C7H8N4O2. The number of rotatable bonds is 0. The summed E-state index contributed by atoms with van der Waals surface area (Å²) in [5, 5.41) is 0. The van der Waals surface area contributed by atoms with Gasteiger partial charge in [-0.1, -0.05) is 0 Å². The number of fused-ring (bicyclic) bond motifs is 1. The summed E-state index contributed by atoms with van der Waals surface area (Å²) in [6, 6.07) is 0. The van der Waals surface area contributed by atoms with Gasteiger partial charge in [0.25, 0.3) is 5.56 Å². The minimum Gasteiger partial charge on any atom is -0.339 e. The minimum atomic E-state index is -2.98. The standard InChI is InChI=1S/C7H8N4O2/c1-10-5-4(8-3-9-5)6(12)11(2)7(10)13/h3H,1-2H3,(H,8,9)/i1D2,2D3. The Balaban J connectivity index is 3.06. The van der Waals surface area contributed by atoms with Crippen LogP contribution in [0.5, 0.6) is 0 Å². The van der Waals surface area contributed by atoms with Crippen molar-refractivity contribution in [2.45, 2.75) is 0 Å². The molecule has 6 heteroatoms. The maximum Gasteiger partial charge on any atom is 0.332 e. The third-order valence-electron chi connectivity index (χ3n) is 1.66. The summed E-state index contributed by atoms with van der Waals surface area (Å²) in [5.41, 5.74) is -2.74. The van der Waals surface area contributed by atoms with Gasteiger partial charge in [-0.05, 0) is 0 Å². The number of hydrogen-bond acceptors (Lipinski definition) is 3. The van der Waals surface area contributed by atoms with Gasteiger partial charge in [0.05, 0.1) is 6.33 Å². The van der Waals surface area contributed by atoms with Gasteiger partial charge in [0.2, 0.25) is 0 Å². The molecule has 68 valence electrons. The van der Waals surface area contributed by atoms with E-state index in [2.05, 4.69) is 9.97 Å². The highest BCUT2D eigenvalue weighted by molar-refractivity contribution is 5.68. The molecule has 2 rings (SSSR count). The van der Waals surface area contributed by atoms with E-state index in [-0.39, 0.29) is 15.7 Å². The van der Waals surface area contributed by atoms with Crippen molar-refractivity contribution in [3.63, 3.8) is 0 Å². The van der Waals surface area contributed by atoms with Gasteiger partial charge in [-0.3, -0.25) is 13.9 Å². The van der Waals surface area contributed by atoms with Gasteiger partial charge < -0.3 is 4.98 Å². The molecule has 2 aromatic rings. The van der Waals surface area contributed by atoms with Crippen molar-refractivity contribution in [2.24, 2.45) is 14.0 Å². The fourth-order valence-corrected chi connectivity index (χ4v) is 1.02. The van der Waals surface area contributed by atoms with Crippen molar-refractivity contribution in [3.05, 3.63) is 27.2 Å². The zero-order valence-electron chi connectivity index (χ0n) is 11.3. The summed E-state index contributed by atoms with van der Waals surface area (Å²) in [6.07, 6.45) is 1.09. The zero-order valence-corrected chi connectivity index (χ0v) is 6.31. The van der Waals surface area contributed by atoms with Crippen molar-refractivity contribution in [1.82, 2.24) is 19.1 Å². The largest absolute Gasteiger partial charge is 0.339 e. The van der Waals surface area contributed by atoms with Crippen LogP contribution in [0.2, 0.25) is 0 Å². The second kappa shape index (κ2) is 2.32. The molecule has 6 nitrogen and oxygen atoms in total. The normalized spacial score (nSPS) is 17.8. The van der Waals surface area contributed by atoms with Crippen molar-refractivity contribution < 1.29 is 6.85 Å². The van der Waals surface area contributed by atoms with Gasteiger partial charge in [0, 0.05) is 20.8 Å². The van der Waals surface area contributed by atoms with Gasteiger partial charge in [-0.15, -0.1) is 0 Å². The predicted octanol–water partition coefficient (Wildman–Crippen LogP) is -1.04. The van der Waals surface area contributed by atoms with Crippen LogP contribution in [0.25, 0.3) is 11.2 Å². The van der Waals surface area contributed by atoms with Crippen LogP contribution in [-0.4, -0.2) is 19.1 Å². The Labute approximate surface area is 79.5 Å². The molecule has 0 fully saturated rings. The summed E-state index contributed by atoms with van der Waals surface area (Å²) < 4.78 is 36.4. The maximum atomic E-state index is 11.9. The van der Waals surface area contributed by atoms with E-state index in [0.717, 1.165) is 6.33 Å². The van der Waals surface area contributed by atoms with E-state index in [4.69, 9.17) is 6.85 Å². The highest BCUT2D eigenvalue weighted by Crippen LogP contribution is 1.97. The third kappa shape index (κ3) is 0.851. The SMILES string of the molecule is [2H]C([2H])n1c(=O)n(C([2H])([2H])[2H])c(=O)c2[nH]cnc21. The number of H-pyrrole nitrogens is 1. The minimum absolute atomic E-state index is 0.0313. The second-order valence-electron chi connectivity index (χ2n) is 2.39. The molecule has 2 heterocycles. The Morgan fingerprint density at radius 2 is 2.38 bits per heavy atom. The number of aromatic amines is 1. The summed E-state index contributed by atoms with van der Waals surface area (Å²) >= 11 is 0. The van der Waals surface area contributed by atoms with Crippen LogP contribution in [0.3, 0.4) is 0 Å². The lowest BCUT2D eigenvalue weighted by Gasteiger charge is -2.00. The molecule has 0 saturated heterocycles. The van der Waals surface area contributed by atoms with E-state index in [0.29, 0.717) is 4.57 Å². The first-order chi connectivity index (χ1) is 8.25. The fraction of sp³-hybridized carbons (Fsp3) is 0.286. The van der Waals surface area contributed by atoms with Gasteiger partial charge in [0.1, 0.15) is 5.52 Å². The highest BCUT2D eigenvalue weighted by atomic mass is 16.2. The first-order valence-corrected chi connectivity index (χ1v) is 3.30. The molecule has 13 heavy (non-hydrogen) atoms. The summed E-state index contributed by atoms with van der Waals surface area (Å²) in [5.74, 6) is 0. The number of aromatic nitrogens is 4. The third-order valence-corrected chi connectivity index (χ3v) is 1.66. The average Bonchev–Trinajstić information content (AvgIpc) is 2.63. The molecule has 0 aliphatic carbocycles. The topological polar surface area (TPSA) is 72.7 Å². The molecule has 0 unspecified atom stereocenters. The Hall–Kier alpha value is -1.85. The lowest BCUT2D eigenvalue weighted by atomic mass is 10.5. The zero-order chi connectivity index (χ0) is 13.7. The van der Waals surface area contributed by atoms with E-state index in [1.165, 1.54) is 0 Å². The van der Waals surface area contributed by atoms with Crippen LogP contribution < -0.4 is 11.2 Å². The van der Waals surface area contributed by atoms with Gasteiger partial charge >= 0.3 is 5.69 Å². The summed E-state index contributed by atoms with van der Waals surface area (Å²) in [4.78, 5) is 29.7. The van der Waals surface area contributed by atoms with E-state index < -0.39 is 25.2 Å². The molecule has 0 bridgehead atoms. The number of nitrogens with zero attached hydrogens (tertiary/aromatic N) is 3. The van der Waals surface area contributed by atoms with Crippen LogP contribution >= 0.6 is 0 Å². The fourth-order valence-electron chi connectivity index (χ4n) is 1.02. The van der Waals surface area contributed by atoms with Crippen molar-refractivity contribution >= 4 is 11.2 Å². The monoisotopic (exact) mass is 185 g/mol. The molecule has 0 aromatic carbocycles. The number of imidazole rings is 1. The van der Waals surface area contributed by atoms with E-state index in [1.807, 2.05) is 0 Å². The van der Waals surface area contributed by atoms with Gasteiger partial charge in [-0.2, -0.15) is 0 Å². The molecule has 0 amide bonds. The lowest BCUT2D eigenvalue weighted by Crippen LogP contribution is -2.36. The summed E-state index contributed by atoms with van der Waals surface area (Å²) in [7, 11) is 0. The van der Waals surface area contributed by atoms with Crippen molar-refractivity contribution in [3.8, 4) is 0 Å². The van der Waals surface area contributed by atoms with Crippen molar-refractivity contribution in [2.75, 3.05) is 0 Å². The molecule has 0 aliphatic heterocycles. The smallest absolute Gasteiger partial charge is 0.332 e. The maximum absolute atomic E-state index is 11.9. The van der Waals surface area contributed by atoms with Crippen LogP contribution in [-0.2, 0) is 14.0 Å². The van der Waals surface area contributed by atoms with Crippen molar-refractivity contribution in [1.29, 1.82) is 0 Å². The number of aryl methyl sites for hydroxylation is 1. The Bertz CT molecular complexity index is 709. The van der Waals surface area contributed by atoms with E-state index in [9.17, 15) is 9.59 Å². The molecule has 0 saturated carbocycles. The average molecular weight is 185 g/mol. The Kier molecular flexibility index (Phi) is 0.696. The first kappa shape index (κ1) is 3.91. The predicted molar refractivity (Wildman–Crippen MR) is 46.6 cm³/mol. The number of hydrogen-bond donors (Lipinski definition) is 1. The lowest BCUT2D eigenvalue weighted by molar-refractivity contribution is 0.709. The van der Waals surface area contributed by atoms with Crippen LogP contribution in [0.4, 0.5) is 0 Å². The van der Waals surface area contributed by atoms with Crippen LogP contribution in [0, 0.1) is 0 Å². The van der Waals surface area contributed by atoms with Gasteiger partial charge in [-0.25, -0.2) is 9.78 Å². The second-order valence-corrected chi connectivity index (χ2v) is 2.39. The molecule has 0 atom stereocenters. The molecule has 2 aromatic heterocycles. The molecule has 1 N–H and O–H groups in total. The Morgan fingerprint density at radius 3 is 3.08 bits per heavy atom. The van der Waals surface area contributed by atoms with E-state index >= 15 is 0 Å². The molecule has 0 aliphatic rings. The molecular weight excluding hydrogens is 172 g/mol. The summed E-state index contributed by atoms with van der Waals surface area (Å²) in [6.45, 7) is -4.79. The highest BCUT2D eigenvalue weighted by Gasteiger charge is 2.08. The Morgan fingerprint density at radius 1 is 1.54 bits per heavy atom. The van der Waals surface area contributed by atoms with Gasteiger partial charge in [0.15, 0.2) is 5.65 Å². The quantitative estimate of drug-likeness (QED) is 0.569.